The molecule has 4 rings (SSSR count). The van der Waals surface area contributed by atoms with E-state index < -0.39 is 10.0 Å². The van der Waals surface area contributed by atoms with Crippen LogP contribution in [-0.4, -0.2) is 49.8 Å². The molecule has 0 bridgehead atoms. The van der Waals surface area contributed by atoms with Crippen molar-refractivity contribution in [3.05, 3.63) is 62.8 Å². The monoisotopic (exact) mass is 482 g/mol. The third-order valence-electron chi connectivity index (χ3n) is 4.72. The second-order valence-corrected chi connectivity index (χ2v) is 11.5. The van der Waals surface area contributed by atoms with Crippen molar-refractivity contribution in [3.8, 4) is 0 Å². The third-order valence-corrected chi connectivity index (χ3v) is 9.19. The van der Waals surface area contributed by atoms with Gasteiger partial charge in [0.15, 0.2) is 0 Å². The van der Waals surface area contributed by atoms with Crippen LogP contribution in [0, 0.1) is 0 Å². The summed E-state index contributed by atoms with van der Waals surface area (Å²) in [6.07, 6.45) is 1.64. The highest BCUT2D eigenvalue weighted by Crippen LogP contribution is 2.29. The minimum absolute atomic E-state index is 0.199. The van der Waals surface area contributed by atoms with Crippen LogP contribution in [0.5, 0.6) is 0 Å². The van der Waals surface area contributed by atoms with Crippen LogP contribution in [-0.2, 0) is 16.6 Å². The van der Waals surface area contributed by atoms with Gasteiger partial charge < -0.3 is 10.2 Å². The number of sulfonamides is 1. The van der Waals surface area contributed by atoms with Crippen molar-refractivity contribution in [1.82, 2.24) is 14.6 Å². The number of pyridine rings is 1. The fraction of sp³-hybridized carbons (Fsp3) is 0.263. The number of nitrogens with zero attached hydrogens (tertiary/aromatic N) is 3. The lowest BCUT2D eigenvalue weighted by Gasteiger charge is -2.35. The number of rotatable bonds is 6. The molecule has 1 saturated heterocycles. The zero-order valence-corrected chi connectivity index (χ0v) is 19.0. The summed E-state index contributed by atoms with van der Waals surface area (Å²) < 4.78 is 27.7. The van der Waals surface area contributed by atoms with Crippen molar-refractivity contribution < 1.29 is 13.2 Å². The SMILES string of the molecule is O=C(NCc1cccs1)c1cccnc1N1CCN(S(=O)(=O)c2ccc(Cl)s2)CC1. The average Bonchev–Trinajstić information content (AvgIpc) is 3.44. The van der Waals surface area contributed by atoms with Gasteiger partial charge in [0.25, 0.3) is 15.9 Å². The van der Waals surface area contributed by atoms with E-state index in [4.69, 9.17) is 11.6 Å². The molecule has 0 saturated carbocycles. The van der Waals surface area contributed by atoms with Gasteiger partial charge in [-0.15, -0.1) is 22.7 Å². The number of anilines is 1. The zero-order chi connectivity index (χ0) is 21.1. The highest BCUT2D eigenvalue weighted by Gasteiger charge is 2.31. The first-order chi connectivity index (χ1) is 14.4. The van der Waals surface area contributed by atoms with Gasteiger partial charge in [-0.05, 0) is 35.7 Å². The van der Waals surface area contributed by atoms with Crippen LogP contribution in [0.25, 0.3) is 0 Å². The Morgan fingerprint density at radius 1 is 1.13 bits per heavy atom. The van der Waals surface area contributed by atoms with E-state index in [2.05, 4.69) is 10.3 Å². The van der Waals surface area contributed by atoms with Gasteiger partial charge in [0.2, 0.25) is 0 Å². The van der Waals surface area contributed by atoms with E-state index in [0.717, 1.165) is 16.2 Å². The number of piperazine rings is 1. The van der Waals surface area contributed by atoms with Gasteiger partial charge in [-0.1, -0.05) is 17.7 Å². The molecule has 1 aliphatic heterocycles. The van der Waals surface area contributed by atoms with Gasteiger partial charge in [-0.3, -0.25) is 4.79 Å². The van der Waals surface area contributed by atoms with Crippen molar-refractivity contribution in [3.63, 3.8) is 0 Å². The highest BCUT2D eigenvalue weighted by molar-refractivity contribution is 7.91. The maximum atomic E-state index is 12.8. The lowest BCUT2D eigenvalue weighted by molar-refractivity contribution is 0.0951. The molecule has 1 N–H and O–H groups in total. The number of hydrogen-bond acceptors (Lipinski definition) is 7. The van der Waals surface area contributed by atoms with E-state index in [0.29, 0.717) is 48.4 Å². The summed E-state index contributed by atoms with van der Waals surface area (Å²) >= 11 is 8.53. The number of aromatic nitrogens is 1. The summed E-state index contributed by atoms with van der Waals surface area (Å²) in [5.74, 6) is 0.368. The van der Waals surface area contributed by atoms with E-state index in [9.17, 15) is 13.2 Å². The van der Waals surface area contributed by atoms with Crippen LogP contribution in [0.1, 0.15) is 15.2 Å². The Morgan fingerprint density at radius 3 is 2.60 bits per heavy atom. The standard InChI is InChI=1S/C19H19ClN4O3S3/c20-16-5-6-17(29-16)30(26,27)24-10-8-23(9-11-24)18-15(4-1-7-21-18)19(25)22-13-14-3-2-12-28-14/h1-7,12H,8-11,13H2,(H,22,25). The van der Waals surface area contributed by atoms with Gasteiger partial charge in [0, 0.05) is 37.3 Å². The maximum Gasteiger partial charge on any atom is 0.255 e. The van der Waals surface area contributed by atoms with Crippen LogP contribution in [0.2, 0.25) is 4.34 Å². The Hall–Kier alpha value is -1.98. The molecule has 158 valence electrons. The normalized spacial score (nSPS) is 15.3. The fourth-order valence-electron chi connectivity index (χ4n) is 3.21. The van der Waals surface area contributed by atoms with Crippen molar-refractivity contribution in [2.45, 2.75) is 10.8 Å². The number of halogens is 1. The Bertz CT molecular complexity index is 1120. The molecule has 0 aromatic carbocycles. The predicted molar refractivity (Wildman–Crippen MR) is 120 cm³/mol. The predicted octanol–water partition coefficient (Wildman–Crippen LogP) is 3.30. The summed E-state index contributed by atoms with van der Waals surface area (Å²) in [6.45, 7) is 1.97. The second-order valence-electron chi connectivity index (χ2n) is 6.59. The fourth-order valence-corrected chi connectivity index (χ4v) is 6.91. The lowest BCUT2D eigenvalue weighted by Crippen LogP contribution is -2.49. The quantitative estimate of drug-likeness (QED) is 0.583. The smallest absolute Gasteiger partial charge is 0.255 e. The third kappa shape index (κ3) is 4.52. The minimum atomic E-state index is -3.56. The Balaban J connectivity index is 1.44. The van der Waals surface area contributed by atoms with Gasteiger partial charge in [-0.2, -0.15) is 4.31 Å². The molecule has 7 nitrogen and oxygen atoms in total. The van der Waals surface area contributed by atoms with E-state index in [-0.39, 0.29) is 10.1 Å². The van der Waals surface area contributed by atoms with Gasteiger partial charge in [0.1, 0.15) is 10.0 Å². The molecule has 1 amide bonds. The summed E-state index contributed by atoms with van der Waals surface area (Å²) in [5.41, 5.74) is 0.482. The Labute approximate surface area is 188 Å². The highest BCUT2D eigenvalue weighted by atomic mass is 35.5. The van der Waals surface area contributed by atoms with Crippen LogP contribution < -0.4 is 10.2 Å². The first kappa shape index (κ1) is 21.3. The molecule has 0 atom stereocenters. The van der Waals surface area contributed by atoms with E-state index >= 15 is 0 Å². The van der Waals surface area contributed by atoms with Crippen LogP contribution in [0.3, 0.4) is 0 Å². The molecular formula is C19H19ClN4O3S3. The lowest BCUT2D eigenvalue weighted by atomic mass is 10.2. The minimum Gasteiger partial charge on any atom is -0.353 e. The summed E-state index contributed by atoms with van der Waals surface area (Å²) in [7, 11) is -3.56. The van der Waals surface area contributed by atoms with Crippen molar-refractivity contribution >= 4 is 56.0 Å². The number of carbonyl (C=O) groups excluding carboxylic acids is 1. The van der Waals surface area contributed by atoms with E-state index in [1.165, 1.54) is 10.4 Å². The maximum absolute atomic E-state index is 12.8. The number of thiophene rings is 2. The largest absolute Gasteiger partial charge is 0.353 e. The van der Waals surface area contributed by atoms with Crippen molar-refractivity contribution in [2.24, 2.45) is 0 Å². The molecule has 11 heteroatoms. The first-order valence-electron chi connectivity index (χ1n) is 9.21. The molecule has 30 heavy (non-hydrogen) atoms. The van der Waals surface area contributed by atoms with E-state index in [1.807, 2.05) is 22.4 Å². The molecule has 3 aromatic heterocycles. The number of carbonyl (C=O) groups is 1. The Morgan fingerprint density at radius 2 is 1.93 bits per heavy atom. The molecule has 0 aliphatic carbocycles. The summed E-state index contributed by atoms with van der Waals surface area (Å²) in [4.78, 5) is 20.1. The molecular weight excluding hydrogens is 464 g/mol. The van der Waals surface area contributed by atoms with Gasteiger partial charge in [0.05, 0.1) is 16.4 Å². The van der Waals surface area contributed by atoms with Crippen LogP contribution >= 0.6 is 34.3 Å². The summed E-state index contributed by atoms with van der Waals surface area (Å²) in [6, 6.07) is 10.5. The number of nitrogens with one attached hydrogen (secondary N) is 1. The average molecular weight is 483 g/mol. The number of amides is 1. The van der Waals surface area contributed by atoms with Gasteiger partial charge in [-0.25, -0.2) is 13.4 Å². The molecule has 3 aromatic rings. The second kappa shape index (κ2) is 9.03. The molecule has 0 radical (unpaired) electrons. The zero-order valence-electron chi connectivity index (χ0n) is 15.8. The van der Waals surface area contributed by atoms with Crippen molar-refractivity contribution in [2.75, 3.05) is 31.1 Å². The van der Waals surface area contributed by atoms with E-state index in [1.54, 1.807) is 35.7 Å². The molecule has 0 spiro atoms. The molecule has 1 fully saturated rings. The van der Waals surface area contributed by atoms with Gasteiger partial charge >= 0.3 is 0 Å². The Kier molecular flexibility index (Phi) is 6.40. The first-order valence-corrected chi connectivity index (χ1v) is 12.7. The molecule has 1 aliphatic rings. The topological polar surface area (TPSA) is 82.6 Å². The summed E-state index contributed by atoms with van der Waals surface area (Å²) in [5, 5.41) is 4.89. The number of hydrogen-bond donors (Lipinski definition) is 1. The molecule has 4 heterocycles. The van der Waals surface area contributed by atoms with Crippen molar-refractivity contribution in [1.29, 1.82) is 0 Å². The molecule has 0 unspecified atom stereocenters. The van der Waals surface area contributed by atoms with Crippen LogP contribution in [0.15, 0.2) is 52.2 Å². The van der Waals surface area contributed by atoms with Crippen LogP contribution in [0.4, 0.5) is 5.82 Å².